The molecule has 0 atom stereocenters. The average molecular weight is 283 g/mol. The van der Waals surface area contributed by atoms with Gasteiger partial charge in [0, 0.05) is 6.20 Å². The van der Waals surface area contributed by atoms with Crippen LogP contribution >= 0.6 is 22.9 Å². The molecule has 1 N–H and O–H groups in total. The van der Waals surface area contributed by atoms with Crippen molar-refractivity contribution < 1.29 is 9.53 Å². The normalized spacial score (nSPS) is 10.1. The van der Waals surface area contributed by atoms with Crippen molar-refractivity contribution in [2.24, 2.45) is 0 Å². The summed E-state index contributed by atoms with van der Waals surface area (Å²) in [5.41, 5.74) is 0. The summed E-state index contributed by atoms with van der Waals surface area (Å²) in [6.45, 7) is 2.39. The highest BCUT2D eigenvalue weighted by atomic mass is 35.5. The van der Waals surface area contributed by atoms with Crippen LogP contribution in [0.3, 0.4) is 0 Å². The first-order valence-electron chi connectivity index (χ1n) is 5.35. The van der Waals surface area contributed by atoms with Crippen molar-refractivity contribution in [3.63, 3.8) is 0 Å². The molecule has 0 fully saturated rings. The molecule has 0 saturated heterocycles. The Morgan fingerprint density at radius 1 is 1.50 bits per heavy atom. The Hall–Kier alpha value is -1.59. The lowest BCUT2D eigenvalue weighted by molar-refractivity contribution is 0.102. The van der Waals surface area contributed by atoms with Gasteiger partial charge in [0.25, 0.3) is 5.91 Å². The van der Waals surface area contributed by atoms with Crippen LogP contribution < -0.4 is 10.1 Å². The minimum atomic E-state index is -0.244. The predicted octanol–water partition coefficient (Wildman–Crippen LogP) is 3.45. The fourth-order valence-electron chi connectivity index (χ4n) is 1.36. The van der Waals surface area contributed by atoms with Crippen LogP contribution in [0.15, 0.2) is 30.5 Å². The Morgan fingerprint density at radius 2 is 2.33 bits per heavy atom. The number of hydrogen-bond acceptors (Lipinski definition) is 4. The van der Waals surface area contributed by atoms with Crippen molar-refractivity contribution in [2.45, 2.75) is 6.92 Å². The van der Waals surface area contributed by atoms with Crippen LogP contribution in [0.25, 0.3) is 0 Å². The number of aromatic nitrogens is 1. The number of carbonyl (C=O) groups is 1. The number of thiophene rings is 1. The first-order valence-corrected chi connectivity index (χ1v) is 6.54. The van der Waals surface area contributed by atoms with E-state index in [9.17, 15) is 4.79 Å². The van der Waals surface area contributed by atoms with Crippen molar-refractivity contribution in [2.75, 3.05) is 11.9 Å². The predicted molar refractivity (Wildman–Crippen MR) is 72.7 cm³/mol. The fourth-order valence-corrected chi connectivity index (χ4v) is 2.30. The molecule has 94 valence electrons. The van der Waals surface area contributed by atoms with E-state index in [-0.39, 0.29) is 5.91 Å². The Morgan fingerprint density at radius 3 is 3.00 bits per heavy atom. The van der Waals surface area contributed by atoms with Crippen molar-refractivity contribution in [1.82, 2.24) is 4.98 Å². The van der Waals surface area contributed by atoms with Crippen LogP contribution in [0, 0.1) is 0 Å². The molecule has 0 aliphatic heterocycles. The molecule has 2 heterocycles. The zero-order chi connectivity index (χ0) is 13.0. The van der Waals surface area contributed by atoms with Gasteiger partial charge in [-0.2, -0.15) is 0 Å². The zero-order valence-corrected chi connectivity index (χ0v) is 11.2. The van der Waals surface area contributed by atoms with Gasteiger partial charge < -0.3 is 10.1 Å². The Labute approximate surface area is 114 Å². The molecule has 0 bridgehead atoms. The molecule has 6 heteroatoms. The lowest BCUT2D eigenvalue weighted by Gasteiger charge is -2.09. The van der Waals surface area contributed by atoms with Crippen molar-refractivity contribution >= 4 is 34.7 Å². The molecular weight excluding hydrogens is 272 g/mol. The molecule has 2 aromatic heterocycles. The number of ether oxygens (including phenoxy) is 1. The Balaban J connectivity index is 2.16. The second-order valence-electron chi connectivity index (χ2n) is 3.34. The van der Waals surface area contributed by atoms with Gasteiger partial charge in [-0.05, 0) is 31.2 Å². The summed E-state index contributed by atoms with van der Waals surface area (Å²) in [6.07, 6.45) is 1.60. The topological polar surface area (TPSA) is 51.2 Å². The van der Waals surface area contributed by atoms with Crippen molar-refractivity contribution in [3.8, 4) is 5.75 Å². The lowest BCUT2D eigenvalue weighted by Crippen LogP contribution is -2.12. The van der Waals surface area contributed by atoms with Crippen LogP contribution in [0.5, 0.6) is 5.75 Å². The molecule has 0 spiro atoms. The van der Waals surface area contributed by atoms with Gasteiger partial charge in [-0.1, -0.05) is 11.6 Å². The number of nitrogens with zero attached hydrogens (tertiary/aromatic N) is 1. The summed E-state index contributed by atoms with van der Waals surface area (Å²) >= 11 is 7.01. The maximum Gasteiger partial charge on any atom is 0.267 e. The SMILES string of the molecule is CCOc1cccnc1NC(=O)c1ccc(Cl)s1. The van der Waals surface area contributed by atoms with Crippen LogP contribution in [-0.4, -0.2) is 17.5 Å². The van der Waals surface area contributed by atoms with E-state index in [1.54, 1.807) is 30.5 Å². The highest BCUT2D eigenvalue weighted by molar-refractivity contribution is 7.18. The highest BCUT2D eigenvalue weighted by Crippen LogP contribution is 2.25. The van der Waals surface area contributed by atoms with Crippen molar-refractivity contribution in [3.05, 3.63) is 39.7 Å². The number of halogens is 1. The van der Waals surface area contributed by atoms with Gasteiger partial charge >= 0.3 is 0 Å². The third kappa shape index (κ3) is 3.00. The van der Waals surface area contributed by atoms with Gasteiger partial charge in [-0.15, -0.1) is 11.3 Å². The molecule has 2 rings (SSSR count). The Kier molecular flexibility index (Phi) is 4.17. The van der Waals surface area contributed by atoms with E-state index in [1.807, 2.05) is 6.92 Å². The van der Waals surface area contributed by atoms with Crippen LogP contribution in [-0.2, 0) is 0 Å². The van der Waals surface area contributed by atoms with E-state index in [4.69, 9.17) is 16.3 Å². The zero-order valence-electron chi connectivity index (χ0n) is 9.64. The number of nitrogens with one attached hydrogen (secondary N) is 1. The molecule has 0 aliphatic carbocycles. The van der Waals surface area contributed by atoms with Crippen LogP contribution in [0.2, 0.25) is 4.34 Å². The number of rotatable bonds is 4. The van der Waals surface area contributed by atoms with E-state index in [0.717, 1.165) is 0 Å². The van der Waals surface area contributed by atoms with E-state index in [2.05, 4.69) is 10.3 Å². The van der Waals surface area contributed by atoms with E-state index in [0.29, 0.717) is 27.4 Å². The number of anilines is 1. The monoisotopic (exact) mass is 282 g/mol. The quantitative estimate of drug-likeness (QED) is 0.934. The van der Waals surface area contributed by atoms with E-state index < -0.39 is 0 Å². The molecule has 0 aromatic carbocycles. The Bertz CT molecular complexity index is 557. The second kappa shape index (κ2) is 5.84. The van der Waals surface area contributed by atoms with Crippen LogP contribution in [0.1, 0.15) is 16.6 Å². The molecule has 0 radical (unpaired) electrons. The maximum absolute atomic E-state index is 11.9. The van der Waals surface area contributed by atoms with E-state index in [1.165, 1.54) is 11.3 Å². The largest absolute Gasteiger partial charge is 0.490 e. The third-order valence-electron chi connectivity index (χ3n) is 2.10. The lowest BCUT2D eigenvalue weighted by atomic mass is 10.4. The molecule has 18 heavy (non-hydrogen) atoms. The van der Waals surface area contributed by atoms with Gasteiger partial charge in [0.15, 0.2) is 11.6 Å². The fraction of sp³-hybridized carbons (Fsp3) is 0.167. The standard InChI is InChI=1S/C12H11ClN2O2S/c1-2-17-8-4-3-7-14-11(8)15-12(16)9-5-6-10(13)18-9/h3-7H,2H2,1H3,(H,14,15,16). The first kappa shape index (κ1) is 12.9. The number of hydrogen-bond donors (Lipinski definition) is 1. The first-order chi connectivity index (χ1) is 8.70. The summed E-state index contributed by atoms with van der Waals surface area (Å²) in [5, 5.41) is 2.70. The minimum Gasteiger partial charge on any atom is -0.490 e. The second-order valence-corrected chi connectivity index (χ2v) is 5.06. The molecule has 0 saturated carbocycles. The summed E-state index contributed by atoms with van der Waals surface area (Å²) in [7, 11) is 0. The highest BCUT2D eigenvalue weighted by Gasteiger charge is 2.12. The van der Waals surface area contributed by atoms with Gasteiger partial charge in [0.1, 0.15) is 0 Å². The summed E-state index contributed by atoms with van der Waals surface area (Å²) in [4.78, 5) is 16.5. The third-order valence-corrected chi connectivity index (χ3v) is 3.33. The average Bonchev–Trinajstić information content (AvgIpc) is 2.79. The number of carbonyl (C=O) groups excluding carboxylic acids is 1. The molecule has 0 aliphatic rings. The van der Waals surface area contributed by atoms with Gasteiger partial charge in [0.2, 0.25) is 0 Å². The van der Waals surface area contributed by atoms with Gasteiger partial charge in [-0.25, -0.2) is 4.98 Å². The summed E-state index contributed by atoms with van der Waals surface area (Å²) in [5.74, 6) is 0.719. The van der Waals surface area contributed by atoms with Crippen LogP contribution in [0.4, 0.5) is 5.82 Å². The minimum absolute atomic E-state index is 0.244. The number of pyridine rings is 1. The molecule has 1 amide bonds. The summed E-state index contributed by atoms with van der Waals surface area (Å²) in [6, 6.07) is 6.87. The number of amides is 1. The molecular formula is C12H11ClN2O2S. The molecule has 2 aromatic rings. The van der Waals surface area contributed by atoms with Crippen molar-refractivity contribution in [1.29, 1.82) is 0 Å². The summed E-state index contributed by atoms with van der Waals surface area (Å²) < 4.78 is 5.95. The molecule has 4 nitrogen and oxygen atoms in total. The maximum atomic E-state index is 11.9. The van der Waals surface area contributed by atoms with E-state index >= 15 is 0 Å². The van der Waals surface area contributed by atoms with Gasteiger partial charge in [-0.3, -0.25) is 4.79 Å². The van der Waals surface area contributed by atoms with Gasteiger partial charge in [0.05, 0.1) is 15.8 Å². The molecule has 0 unspecified atom stereocenters. The smallest absolute Gasteiger partial charge is 0.267 e.